The lowest BCUT2D eigenvalue weighted by atomic mass is 10.1. The molecule has 0 saturated heterocycles. The molecule has 0 amide bonds. The van der Waals surface area contributed by atoms with Gasteiger partial charge in [-0.25, -0.2) is 0 Å². The first-order valence-corrected chi connectivity index (χ1v) is 6.03. The van der Waals surface area contributed by atoms with Gasteiger partial charge in [-0.05, 0) is 38.8 Å². The van der Waals surface area contributed by atoms with Crippen molar-refractivity contribution >= 4 is 12.2 Å². The van der Waals surface area contributed by atoms with Gasteiger partial charge in [-0.3, -0.25) is 14.8 Å². The van der Waals surface area contributed by atoms with Crippen LogP contribution in [0.3, 0.4) is 0 Å². The standard InChI is InChI=1S/C13H17N3S/c1-7-6-8(2)11(14-10(7)4)12-9(3)13(17)16(5)15-12/h6,15H,1-5H3. The summed E-state index contributed by atoms with van der Waals surface area (Å²) in [7, 11) is 1.93. The quantitative estimate of drug-likeness (QED) is 0.784. The molecule has 3 nitrogen and oxygen atoms in total. The van der Waals surface area contributed by atoms with Crippen molar-refractivity contribution in [1.82, 2.24) is 14.8 Å². The van der Waals surface area contributed by atoms with Gasteiger partial charge in [-0.2, -0.15) is 0 Å². The molecule has 0 spiro atoms. The fraction of sp³-hybridized carbons (Fsp3) is 0.385. The van der Waals surface area contributed by atoms with Crippen LogP contribution in [0.4, 0.5) is 0 Å². The van der Waals surface area contributed by atoms with Crippen molar-refractivity contribution in [1.29, 1.82) is 0 Å². The van der Waals surface area contributed by atoms with Gasteiger partial charge in [0.25, 0.3) is 0 Å². The first-order valence-electron chi connectivity index (χ1n) is 5.62. The lowest BCUT2D eigenvalue weighted by Gasteiger charge is -2.08. The molecule has 0 atom stereocenters. The van der Waals surface area contributed by atoms with Crippen molar-refractivity contribution in [2.24, 2.45) is 7.05 Å². The second kappa shape index (κ2) is 4.11. The Bertz CT molecular complexity index is 635. The van der Waals surface area contributed by atoms with Gasteiger partial charge in [0.05, 0.1) is 11.4 Å². The van der Waals surface area contributed by atoms with Crippen molar-refractivity contribution in [3.05, 3.63) is 33.1 Å². The van der Waals surface area contributed by atoms with E-state index in [1.165, 1.54) is 11.1 Å². The molecule has 0 fully saturated rings. The maximum Gasteiger partial charge on any atom is 0.125 e. The molecular weight excluding hydrogens is 230 g/mol. The number of aromatic amines is 1. The summed E-state index contributed by atoms with van der Waals surface area (Å²) in [6, 6.07) is 2.17. The van der Waals surface area contributed by atoms with E-state index in [0.29, 0.717) is 0 Å². The highest BCUT2D eigenvalue weighted by Crippen LogP contribution is 2.25. The summed E-state index contributed by atoms with van der Waals surface area (Å²) in [5.41, 5.74) is 6.57. The second-order valence-corrected chi connectivity index (χ2v) is 4.92. The van der Waals surface area contributed by atoms with E-state index in [1.54, 1.807) is 0 Å². The summed E-state index contributed by atoms with van der Waals surface area (Å²) in [6.45, 7) is 8.23. The fourth-order valence-corrected chi connectivity index (χ4v) is 2.13. The van der Waals surface area contributed by atoms with E-state index in [2.05, 4.69) is 30.0 Å². The summed E-state index contributed by atoms with van der Waals surface area (Å²) in [5, 5.41) is 3.27. The highest BCUT2D eigenvalue weighted by atomic mass is 32.1. The lowest BCUT2D eigenvalue weighted by Crippen LogP contribution is -1.97. The van der Waals surface area contributed by atoms with Gasteiger partial charge in [0, 0.05) is 18.3 Å². The van der Waals surface area contributed by atoms with Crippen molar-refractivity contribution in [3.8, 4) is 11.4 Å². The molecule has 2 heterocycles. The first-order chi connectivity index (χ1) is 7.91. The minimum absolute atomic E-state index is 0.833. The Morgan fingerprint density at radius 3 is 2.35 bits per heavy atom. The van der Waals surface area contributed by atoms with Gasteiger partial charge >= 0.3 is 0 Å². The summed E-state index contributed by atoms with van der Waals surface area (Å²) in [5.74, 6) is 0. The molecule has 0 aliphatic rings. The largest absolute Gasteiger partial charge is 0.295 e. The van der Waals surface area contributed by atoms with Crippen LogP contribution in [-0.2, 0) is 7.05 Å². The second-order valence-electron chi connectivity index (χ2n) is 4.53. The number of rotatable bonds is 1. The maximum atomic E-state index is 5.32. The number of H-pyrrole nitrogens is 1. The highest BCUT2D eigenvalue weighted by molar-refractivity contribution is 7.71. The Hall–Kier alpha value is -1.42. The van der Waals surface area contributed by atoms with Crippen LogP contribution in [-0.4, -0.2) is 14.8 Å². The molecule has 0 bridgehead atoms. The van der Waals surface area contributed by atoms with Crippen LogP contribution in [0.5, 0.6) is 0 Å². The molecule has 2 rings (SSSR count). The molecule has 2 aromatic heterocycles. The predicted octanol–water partition coefficient (Wildman–Crippen LogP) is 3.38. The summed E-state index contributed by atoms with van der Waals surface area (Å²) < 4.78 is 2.69. The molecule has 4 heteroatoms. The first kappa shape index (κ1) is 12.0. The predicted molar refractivity (Wildman–Crippen MR) is 72.8 cm³/mol. The molecule has 17 heavy (non-hydrogen) atoms. The van der Waals surface area contributed by atoms with E-state index in [-0.39, 0.29) is 0 Å². The number of aryl methyl sites for hydroxylation is 4. The number of hydrogen-bond acceptors (Lipinski definition) is 2. The molecule has 2 aromatic rings. The highest BCUT2D eigenvalue weighted by Gasteiger charge is 2.12. The zero-order valence-corrected chi connectivity index (χ0v) is 11.7. The maximum absolute atomic E-state index is 5.32. The summed E-state index contributed by atoms with van der Waals surface area (Å²) >= 11 is 5.32. The van der Waals surface area contributed by atoms with Crippen molar-refractivity contribution in [3.63, 3.8) is 0 Å². The Labute approximate surface area is 106 Å². The van der Waals surface area contributed by atoms with Gasteiger partial charge in [0.2, 0.25) is 0 Å². The minimum Gasteiger partial charge on any atom is -0.295 e. The zero-order valence-electron chi connectivity index (χ0n) is 10.9. The Kier molecular flexibility index (Phi) is 2.91. The molecular formula is C13H17N3S. The van der Waals surface area contributed by atoms with Crippen LogP contribution in [0.2, 0.25) is 0 Å². The van der Waals surface area contributed by atoms with Crippen LogP contribution < -0.4 is 0 Å². The third-order valence-corrected chi connectivity index (χ3v) is 3.75. The average molecular weight is 247 g/mol. The number of nitrogens with one attached hydrogen (secondary N) is 1. The number of pyridine rings is 1. The molecule has 0 unspecified atom stereocenters. The number of hydrogen-bond donors (Lipinski definition) is 1. The average Bonchev–Trinajstić information content (AvgIpc) is 2.51. The minimum atomic E-state index is 0.833. The fourth-order valence-electron chi connectivity index (χ4n) is 1.99. The Morgan fingerprint density at radius 1 is 1.18 bits per heavy atom. The third-order valence-electron chi connectivity index (χ3n) is 3.17. The molecule has 0 aromatic carbocycles. The van der Waals surface area contributed by atoms with Crippen molar-refractivity contribution in [2.75, 3.05) is 0 Å². The van der Waals surface area contributed by atoms with E-state index in [4.69, 9.17) is 12.2 Å². The van der Waals surface area contributed by atoms with E-state index >= 15 is 0 Å². The Balaban J connectivity index is 2.73. The molecule has 90 valence electrons. The molecule has 1 N–H and O–H groups in total. The van der Waals surface area contributed by atoms with Crippen LogP contribution in [0.15, 0.2) is 6.07 Å². The van der Waals surface area contributed by atoms with Crippen LogP contribution in [0, 0.1) is 32.3 Å². The van der Waals surface area contributed by atoms with E-state index in [0.717, 1.165) is 27.3 Å². The smallest absolute Gasteiger partial charge is 0.125 e. The lowest BCUT2D eigenvalue weighted by molar-refractivity contribution is 0.758. The number of nitrogens with zero attached hydrogens (tertiary/aromatic N) is 2. The molecule has 0 aliphatic carbocycles. The van der Waals surface area contributed by atoms with Crippen LogP contribution in [0.1, 0.15) is 22.4 Å². The zero-order chi connectivity index (χ0) is 12.7. The monoisotopic (exact) mass is 247 g/mol. The molecule has 0 radical (unpaired) electrons. The summed E-state index contributed by atoms with van der Waals surface area (Å²) in [6.07, 6.45) is 0. The van der Waals surface area contributed by atoms with Gasteiger partial charge in [0.1, 0.15) is 4.64 Å². The topological polar surface area (TPSA) is 33.6 Å². The van der Waals surface area contributed by atoms with Gasteiger partial charge in [0.15, 0.2) is 0 Å². The van der Waals surface area contributed by atoms with Crippen LogP contribution >= 0.6 is 12.2 Å². The normalized spacial score (nSPS) is 10.9. The van der Waals surface area contributed by atoms with Crippen molar-refractivity contribution < 1.29 is 0 Å². The Morgan fingerprint density at radius 2 is 1.82 bits per heavy atom. The van der Waals surface area contributed by atoms with Crippen molar-refractivity contribution in [2.45, 2.75) is 27.7 Å². The van der Waals surface area contributed by atoms with E-state index in [9.17, 15) is 0 Å². The van der Waals surface area contributed by atoms with Gasteiger partial charge < -0.3 is 0 Å². The SMILES string of the molecule is Cc1cc(C)c(-c2[nH]n(C)c(=S)c2C)nc1C. The van der Waals surface area contributed by atoms with E-state index in [1.807, 2.05) is 25.6 Å². The number of aromatic nitrogens is 3. The molecule has 0 aliphatic heterocycles. The third kappa shape index (κ3) is 1.93. The van der Waals surface area contributed by atoms with Gasteiger partial charge in [-0.1, -0.05) is 18.3 Å². The molecule has 0 saturated carbocycles. The van der Waals surface area contributed by atoms with E-state index < -0.39 is 0 Å². The van der Waals surface area contributed by atoms with Gasteiger partial charge in [-0.15, -0.1) is 0 Å². The summed E-state index contributed by atoms with van der Waals surface area (Å²) in [4.78, 5) is 4.67. The van der Waals surface area contributed by atoms with Crippen LogP contribution in [0.25, 0.3) is 11.4 Å².